The van der Waals surface area contributed by atoms with Gasteiger partial charge in [-0.1, -0.05) is 24.3 Å². The molecule has 0 saturated heterocycles. The fraction of sp³-hybridized carbons (Fsp3) is 0. The standard InChI is InChI=1S/C14H9NO2/c16-14-9-11(7-8-17-14)13-6-5-10-3-1-2-4-12(10)15-13/h1-9H. The minimum atomic E-state index is -0.363. The monoisotopic (exact) mass is 223 g/mol. The van der Waals surface area contributed by atoms with Gasteiger partial charge in [0.1, 0.15) is 0 Å². The fourth-order valence-corrected chi connectivity index (χ4v) is 1.77. The summed E-state index contributed by atoms with van der Waals surface area (Å²) in [4.78, 5) is 15.6. The van der Waals surface area contributed by atoms with Crippen molar-refractivity contribution < 1.29 is 4.42 Å². The number of benzene rings is 1. The van der Waals surface area contributed by atoms with Crippen molar-refractivity contribution in [3.05, 3.63) is 65.2 Å². The van der Waals surface area contributed by atoms with E-state index >= 15 is 0 Å². The van der Waals surface area contributed by atoms with Crippen LogP contribution in [0.1, 0.15) is 0 Å². The molecule has 1 aromatic carbocycles. The Morgan fingerprint density at radius 2 is 1.88 bits per heavy atom. The van der Waals surface area contributed by atoms with Crippen LogP contribution in [0.3, 0.4) is 0 Å². The van der Waals surface area contributed by atoms with E-state index in [0.717, 1.165) is 22.2 Å². The molecule has 2 aromatic heterocycles. The van der Waals surface area contributed by atoms with Gasteiger partial charge in [0.15, 0.2) is 0 Å². The van der Waals surface area contributed by atoms with E-state index in [0.29, 0.717) is 0 Å². The minimum Gasteiger partial charge on any atom is -0.431 e. The number of fused-ring (bicyclic) bond motifs is 1. The smallest absolute Gasteiger partial charge is 0.336 e. The van der Waals surface area contributed by atoms with E-state index in [1.807, 2.05) is 36.4 Å². The number of aromatic nitrogens is 1. The van der Waals surface area contributed by atoms with Gasteiger partial charge in [-0.3, -0.25) is 0 Å². The Morgan fingerprint density at radius 1 is 1.00 bits per heavy atom. The molecule has 0 amide bonds. The summed E-state index contributed by atoms with van der Waals surface area (Å²) in [5, 5.41) is 1.08. The van der Waals surface area contributed by atoms with Crippen LogP contribution < -0.4 is 5.63 Å². The molecule has 0 fully saturated rings. The van der Waals surface area contributed by atoms with E-state index < -0.39 is 0 Å². The molecule has 82 valence electrons. The van der Waals surface area contributed by atoms with Gasteiger partial charge in [-0.25, -0.2) is 9.78 Å². The van der Waals surface area contributed by atoms with Crippen LogP contribution in [-0.4, -0.2) is 4.98 Å². The molecule has 0 N–H and O–H groups in total. The quantitative estimate of drug-likeness (QED) is 0.637. The molecule has 3 nitrogen and oxygen atoms in total. The third kappa shape index (κ3) is 1.83. The number of rotatable bonds is 1. The molecule has 0 aliphatic carbocycles. The molecule has 3 heteroatoms. The van der Waals surface area contributed by atoms with Gasteiger partial charge in [0.25, 0.3) is 0 Å². The number of nitrogens with zero attached hydrogens (tertiary/aromatic N) is 1. The Bertz CT molecular complexity index is 731. The highest BCUT2D eigenvalue weighted by molar-refractivity contribution is 5.81. The van der Waals surface area contributed by atoms with Gasteiger partial charge in [-0.2, -0.15) is 0 Å². The molecule has 0 bridgehead atoms. The summed E-state index contributed by atoms with van der Waals surface area (Å²) in [6.45, 7) is 0. The zero-order valence-corrected chi connectivity index (χ0v) is 8.96. The van der Waals surface area contributed by atoms with Crippen molar-refractivity contribution in [2.75, 3.05) is 0 Å². The van der Waals surface area contributed by atoms with E-state index in [4.69, 9.17) is 4.42 Å². The van der Waals surface area contributed by atoms with E-state index in [-0.39, 0.29) is 5.63 Å². The predicted molar refractivity (Wildman–Crippen MR) is 65.7 cm³/mol. The van der Waals surface area contributed by atoms with Crippen LogP contribution in [0.5, 0.6) is 0 Å². The number of pyridine rings is 1. The van der Waals surface area contributed by atoms with Crippen molar-refractivity contribution in [3.63, 3.8) is 0 Å². The first-order chi connectivity index (χ1) is 8.33. The highest BCUT2D eigenvalue weighted by Gasteiger charge is 2.02. The van der Waals surface area contributed by atoms with Gasteiger partial charge in [0.2, 0.25) is 0 Å². The Hall–Kier alpha value is -2.42. The zero-order valence-electron chi connectivity index (χ0n) is 8.96. The van der Waals surface area contributed by atoms with Gasteiger partial charge in [0, 0.05) is 17.0 Å². The molecule has 2 heterocycles. The topological polar surface area (TPSA) is 43.1 Å². The lowest BCUT2D eigenvalue weighted by molar-refractivity contribution is 0.511. The van der Waals surface area contributed by atoms with E-state index in [2.05, 4.69) is 4.98 Å². The summed E-state index contributed by atoms with van der Waals surface area (Å²) >= 11 is 0. The third-order valence-electron chi connectivity index (χ3n) is 2.60. The minimum absolute atomic E-state index is 0.363. The Morgan fingerprint density at radius 3 is 2.76 bits per heavy atom. The lowest BCUT2D eigenvalue weighted by Gasteiger charge is -2.01. The number of para-hydroxylation sites is 1. The number of hydrogen-bond acceptors (Lipinski definition) is 3. The molecule has 0 saturated carbocycles. The second-order valence-corrected chi connectivity index (χ2v) is 3.73. The highest BCUT2D eigenvalue weighted by Crippen LogP contribution is 2.19. The number of hydrogen-bond donors (Lipinski definition) is 0. The summed E-state index contributed by atoms with van der Waals surface area (Å²) < 4.78 is 4.69. The maximum Gasteiger partial charge on any atom is 0.336 e. The summed E-state index contributed by atoms with van der Waals surface area (Å²) in [5.41, 5.74) is 2.10. The maximum atomic E-state index is 11.1. The van der Waals surface area contributed by atoms with Crippen molar-refractivity contribution in [2.24, 2.45) is 0 Å². The first kappa shape index (κ1) is 9.78. The van der Waals surface area contributed by atoms with E-state index in [1.165, 1.54) is 12.3 Å². The molecule has 0 atom stereocenters. The molecular formula is C14H9NO2. The lowest BCUT2D eigenvalue weighted by Crippen LogP contribution is -1.96. The first-order valence-corrected chi connectivity index (χ1v) is 5.28. The van der Waals surface area contributed by atoms with Gasteiger partial charge >= 0.3 is 5.63 Å². The van der Waals surface area contributed by atoms with Crippen molar-refractivity contribution in [1.29, 1.82) is 0 Å². The molecule has 0 spiro atoms. The Labute approximate surface area is 97.4 Å². The van der Waals surface area contributed by atoms with Gasteiger partial charge in [0.05, 0.1) is 17.5 Å². The van der Waals surface area contributed by atoms with Crippen LogP contribution in [0.2, 0.25) is 0 Å². The Balaban J connectivity index is 2.21. The van der Waals surface area contributed by atoms with Crippen LogP contribution >= 0.6 is 0 Å². The lowest BCUT2D eigenvalue weighted by atomic mass is 10.1. The molecule has 0 unspecified atom stereocenters. The molecule has 0 radical (unpaired) electrons. The molecule has 17 heavy (non-hydrogen) atoms. The van der Waals surface area contributed by atoms with Crippen molar-refractivity contribution >= 4 is 10.9 Å². The van der Waals surface area contributed by atoms with Crippen molar-refractivity contribution in [1.82, 2.24) is 4.98 Å². The van der Waals surface area contributed by atoms with Gasteiger partial charge in [-0.05, 0) is 18.2 Å². The van der Waals surface area contributed by atoms with Crippen LogP contribution in [0.4, 0.5) is 0 Å². The maximum absolute atomic E-state index is 11.1. The van der Waals surface area contributed by atoms with E-state index in [9.17, 15) is 4.79 Å². The van der Waals surface area contributed by atoms with Crippen molar-refractivity contribution in [3.8, 4) is 11.3 Å². The third-order valence-corrected chi connectivity index (χ3v) is 2.60. The predicted octanol–water partition coefficient (Wildman–Crippen LogP) is 2.86. The molecular weight excluding hydrogens is 214 g/mol. The molecule has 3 aromatic rings. The van der Waals surface area contributed by atoms with Crippen LogP contribution in [0, 0.1) is 0 Å². The summed E-state index contributed by atoms with van der Waals surface area (Å²) in [6.07, 6.45) is 1.38. The summed E-state index contributed by atoms with van der Waals surface area (Å²) in [7, 11) is 0. The normalized spacial score (nSPS) is 10.6. The average molecular weight is 223 g/mol. The van der Waals surface area contributed by atoms with Crippen LogP contribution in [-0.2, 0) is 0 Å². The van der Waals surface area contributed by atoms with Crippen LogP contribution in [0.15, 0.2) is 64.0 Å². The largest absolute Gasteiger partial charge is 0.431 e. The van der Waals surface area contributed by atoms with Gasteiger partial charge < -0.3 is 4.42 Å². The molecule has 0 aliphatic rings. The fourth-order valence-electron chi connectivity index (χ4n) is 1.77. The zero-order chi connectivity index (χ0) is 11.7. The first-order valence-electron chi connectivity index (χ1n) is 5.28. The highest BCUT2D eigenvalue weighted by atomic mass is 16.4. The van der Waals surface area contributed by atoms with Crippen LogP contribution in [0.25, 0.3) is 22.2 Å². The van der Waals surface area contributed by atoms with Gasteiger partial charge in [-0.15, -0.1) is 0 Å². The molecule has 0 aliphatic heterocycles. The average Bonchev–Trinajstić information content (AvgIpc) is 2.38. The SMILES string of the molecule is O=c1cc(-c2ccc3ccccc3n2)cco1. The molecule has 3 rings (SSSR count). The Kier molecular flexibility index (Phi) is 2.22. The summed E-state index contributed by atoms with van der Waals surface area (Å²) in [5.74, 6) is 0. The summed E-state index contributed by atoms with van der Waals surface area (Å²) in [6, 6.07) is 14.9. The van der Waals surface area contributed by atoms with E-state index in [1.54, 1.807) is 6.07 Å². The van der Waals surface area contributed by atoms with Crippen molar-refractivity contribution in [2.45, 2.75) is 0 Å². The second-order valence-electron chi connectivity index (χ2n) is 3.73. The second kappa shape index (κ2) is 3.87.